The number of rotatable bonds is 3. The number of anilines is 1. The predicted molar refractivity (Wildman–Crippen MR) is 68.3 cm³/mol. The Hall–Kier alpha value is -2.46. The zero-order chi connectivity index (χ0) is 14.8. The molecule has 7 heteroatoms. The van der Waals surface area contributed by atoms with E-state index >= 15 is 0 Å². The molecule has 2 aromatic carbocycles. The Morgan fingerprint density at radius 3 is 2.30 bits per heavy atom. The smallest absolute Gasteiger partial charge is 0.263 e. The second kappa shape index (κ2) is 5.27. The Morgan fingerprint density at radius 1 is 1.00 bits per heavy atom. The molecule has 0 bridgehead atoms. The highest BCUT2D eigenvalue weighted by molar-refractivity contribution is 7.92. The normalized spacial score (nSPS) is 10.8. The first-order valence-electron chi connectivity index (χ1n) is 5.41. The fraction of sp³-hybridized carbons (Fsp3) is 0. The first kappa shape index (κ1) is 14.0. The lowest BCUT2D eigenvalue weighted by Crippen LogP contribution is -2.15. The molecule has 0 saturated heterocycles. The number of halogens is 2. The molecule has 0 aliphatic carbocycles. The third-order valence-corrected chi connectivity index (χ3v) is 3.90. The van der Waals surface area contributed by atoms with Gasteiger partial charge in [-0.3, -0.25) is 4.72 Å². The number of sulfonamides is 1. The van der Waals surface area contributed by atoms with Crippen LogP contribution in [-0.2, 0) is 10.0 Å². The van der Waals surface area contributed by atoms with E-state index in [1.54, 1.807) is 0 Å². The molecule has 1 N–H and O–H groups in total. The van der Waals surface area contributed by atoms with Crippen molar-refractivity contribution >= 4 is 15.7 Å². The summed E-state index contributed by atoms with van der Waals surface area (Å²) in [5, 5.41) is 8.83. The molecule has 0 unspecified atom stereocenters. The lowest BCUT2D eigenvalue weighted by molar-refractivity contribution is 0.592. The van der Waals surface area contributed by atoms with Gasteiger partial charge in [0.15, 0.2) is 0 Å². The van der Waals surface area contributed by atoms with E-state index in [-0.39, 0.29) is 5.69 Å². The third kappa shape index (κ3) is 2.60. The van der Waals surface area contributed by atoms with Crippen LogP contribution in [0.1, 0.15) is 5.56 Å². The zero-order valence-electron chi connectivity index (χ0n) is 9.97. The van der Waals surface area contributed by atoms with E-state index in [2.05, 4.69) is 0 Å². The van der Waals surface area contributed by atoms with Crippen molar-refractivity contribution in [1.82, 2.24) is 0 Å². The number of nitrogens with zero attached hydrogens (tertiary/aromatic N) is 1. The van der Waals surface area contributed by atoms with E-state index in [4.69, 9.17) is 5.26 Å². The van der Waals surface area contributed by atoms with Gasteiger partial charge < -0.3 is 0 Å². The second-order valence-corrected chi connectivity index (χ2v) is 5.46. The molecule has 0 radical (unpaired) electrons. The Balaban J connectivity index is 2.50. The van der Waals surface area contributed by atoms with Crippen molar-refractivity contribution in [3.05, 3.63) is 59.7 Å². The molecular formula is C13H8F2N2O2S. The summed E-state index contributed by atoms with van der Waals surface area (Å²) in [5.41, 5.74) is -0.892. The number of benzene rings is 2. The van der Waals surface area contributed by atoms with Gasteiger partial charge in [0.25, 0.3) is 10.0 Å². The molecule has 2 aromatic rings. The van der Waals surface area contributed by atoms with Gasteiger partial charge in [0.2, 0.25) is 0 Å². The Kier molecular flexibility index (Phi) is 3.68. The number of hydrogen-bond acceptors (Lipinski definition) is 3. The van der Waals surface area contributed by atoms with Crippen molar-refractivity contribution in [2.45, 2.75) is 4.90 Å². The maximum atomic E-state index is 13.4. The van der Waals surface area contributed by atoms with Crippen molar-refractivity contribution in [3.8, 4) is 6.07 Å². The first-order chi connectivity index (χ1) is 9.45. The maximum Gasteiger partial charge on any atom is 0.263 e. The highest BCUT2D eigenvalue weighted by Crippen LogP contribution is 2.22. The van der Waals surface area contributed by atoms with E-state index in [1.807, 2.05) is 4.72 Å². The van der Waals surface area contributed by atoms with Crippen LogP contribution < -0.4 is 4.72 Å². The zero-order valence-corrected chi connectivity index (χ0v) is 10.8. The molecule has 0 aromatic heterocycles. The van der Waals surface area contributed by atoms with Gasteiger partial charge >= 0.3 is 0 Å². The van der Waals surface area contributed by atoms with Crippen molar-refractivity contribution in [1.29, 1.82) is 5.26 Å². The molecule has 102 valence electrons. The van der Waals surface area contributed by atoms with Crippen molar-refractivity contribution in [2.75, 3.05) is 4.72 Å². The maximum absolute atomic E-state index is 13.4. The highest BCUT2D eigenvalue weighted by Gasteiger charge is 2.22. The lowest BCUT2D eigenvalue weighted by Gasteiger charge is -2.10. The average molecular weight is 294 g/mol. The number of hydrogen-bond donors (Lipinski definition) is 1. The molecule has 0 heterocycles. The van der Waals surface area contributed by atoms with Crippen LogP contribution >= 0.6 is 0 Å². The minimum absolute atomic E-state index is 0.277. The minimum Gasteiger partial charge on any atom is -0.277 e. The van der Waals surface area contributed by atoms with E-state index in [0.717, 1.165) is 24.3 Å². The topological polar surface area (TPSA) is 70.0 Å². The second-order valence-electron chi connectivity index (χ2n) is 3.81. The third-order valence-electron chi connectivity index (χ3n) is 2.49. The summed E-state index contributed by atoms with van der Waals surface area (Å²) in [6.45, 7) is 0. The summed E-state index contributed by atoms with van der Waals surface area (Å²) in [4.78, 5) is -0.539. The molecule has 0 fully saturated rings. The molecule has 0 spiro atoms. The first-order valence-corrected chi connectivity index (χ1v) is 6.90. The van der Waals surface area contributed by atoms with Gasteiger partial charge in [-0.25, -0.2) is 17.2 Å². The Morgan fingerprint density at radius 2 is 1.65 bits per heavy atom. The quantitative estimate of drug-likeness (QED) is 0.946. The van der Waals surface area contributed by atoms with Gasteiger partial charge in [-0.15, -0.1) is 0 Å². The highest BCUT2D eigenvalue weighted by atomic mass is 32.2. The summed E-state index contributed by atoms with van der Waals surface area (Å²) in [7, 11) is -4.25. The van der Waals surface area contributed by atoms with Crippen molar-refractivity contribution < 1.29 is 17.2 Å². The largest absolute Gasteiger partial charge is 0.277 e. The summed E-state index contributed by atoms with van der Waals surface area (Å²) in [6, 6.07) is 9.83. The summed E-state index contributed by atoms with van der Waals surface area (Å²) in [6.07, 6.45) is 0. The van der Waals surface area contributed by atoms with Gasteiger partial charge in [-0.05, 0) is 24.3 Å². The molecule has 0 saturated carbocycles. The molecule has 0 amide bonds. The van der Waals surface area contributed by atoms with Crippen LogP contribution in [0.3, 0.4) is 0 Å². The van der Waals surface area contributed by atoms with Gasteiger partial charge in [0.05, 0.1) is 5.69 Å². The van der Waals surface area contributed by atoms with Crippen LogP contribution in [0.25, 0.3) is 0 Å². The fourth-order valence-corrected chi connectivity index (χ4v) is 2.82. The van der Waals surface area contributed by atoms with E-state index < -0.39 is 32.1 Å². The van der Waals surface area contributed by atoms with Crippen LogP contribution in [0.5, 0.6) is 0 Å². The van der Waals surface area contributed by atoms with E-state index in [0.29, 0.717) is 0 Å². The minimum atomic E-state index is -4.25. The molecular weight excluding hydrogens is 286 g/mol. The molecule has 20 heavy (non-hydrogen) atoms. The molecule has 0 aliphatic heterocycles. The predicted octanol–water partition coefficient (Wildman–Crippen LogP) is 2.64. The SMILES string of the molecule is N#Cc1c(F)cccc1S(=O)(=O)Nc1ccccc1F. The van der Waals surface area contributed by atoms with Gasteiger partial charge in [0, 0.05) is 0 Å². The van der Waals surface area contributed by atoms with Gasteiger partial charge in [0.1, 0.15) is 28.2 Å². The monoisotopic (exact) mass is 294 g/mol. The number of para-hydroxylation sites is 1. The summed E-state index contributed by atoms with van der Waals surface area (Å²) < 4.78 is 53.0. The summed E-state index contributed by atoms with van der Waals surface area (Å²) >= 11 is 0. The van der Waals surface area contributed by atoms with Gasteiger partial charge in [-0.1, -0.05) is 18.2 Å². The Bertz CT molecular complexity index is 798. The molecule has 0 atom stereocenters. The van der Waals surface area contributed by atoms with E-state index in [1.165, 1.54) is 24.3 Å². The standard InChI is InChI=1S/C13H8F2N2O2S/c14-10-5-3-7-13(9(10)8-16)20(18,19)17-12-6-2-1-4-11(12)15/h1-7,17H. The van der Waals surface area contributed by atoms with Crippen LogP contribution in [0.2, 0.25) is 0 Å². The van der Waals surface area contributed by atoms with Crippen LogP contribution in [0.4, 0.5) is 14.5 Å². The molecule has 0 aliphatic rings. The molecule has 4 nitrogen and oxygen atoms in total. The Labute approximate surface area is 114 Å². The van der Waals surface area contributed by atoms with Gasteiger partial charge in [-0.2, -0.15) is 5.26 Å². The van der Waals surface area contributed by atoms with Crippen molar-refractivity contribution in [3.63, 3.8) is 0 Å². The number of nitrogens with one attached hydrogen (secondary N) is 1. The molecule has 2 rings (SSSR count). The van der Waals surface area contributed by atoms with E-state index in [9.17, 15) is 17.2 Å². The lowest BCUT2D eigenvalue weighted by atomic mass is 10.2. The summed E-state index contributed by atoms with van der Waals surface area (Å²) in [5.74, 6) is -1.73. The van der Waals surface area contributed by atoms with Crippen LogP contribution in [-0.4, -0.2) is 8.42 Å². The average Bonchev–Trinajstić information content (AvgIpc) is 2.41. The number of nitriles is 1. The fourth-order valence-electron chi connectivity index (χ4n) is 1.58. The van der Waals surface area contributed by atoms with Crippen LogP contribution in [0.15, 0.2) is 47.4 Å². The van der Waals surface area contributed by atoms with Crippen LogP contribution in [0, 0.1) is 23.0 Å². The van der Waals surface area contributed by atoms with Crippen molar-refractivity contribution in [2.24, 2.45) is 0 Å².